The molecule has 3 aromatic rings. The fourth-order valence-electron chi connectivity index (χ4n) is 4.73. The zero-order valence-corrected chi connectivity index (χ0v) is 19.0. The Bertz CT molecular complexity index is 1110. The molecule has 3 N–H and O–H groups in total. The number of alkyl halides is 1. The van der Waals surface area contributed by atoms with Gasteiger partial charge in [0.25, 0.3) is 0 Å². The van der Waals surface area contributed by atoms with E-state index in [9.17, 15) is 14.3 Å². The molecule has 0 bridgehead atoms. The summed E-state index contributed by atoms with van der Waals surface area (Å²) in [6.45, 7) is 1.24. The summed E-state index contributed by atoms with van der Waals surface area (Å²) in [5.41, 5.74) is 2.27. The topological polar surface area (TPSA) is 103 Å². The molecule has 1 aliphatic heterocycles. The van der Waals surface area contributed by atoms with Gasteiger partial charge in [-0.15, -0.1) is 11.3 Å². The third-order valence-corrected chi connectivity index (χ3v) is 7.75. The van der Waals surface area contributed by atoms with E-state index in [1.807, 2.05) is 0 Å². The molecular formula is C23H27FN6O2S. The van der Waals surface area contributed by atoms with Crippen molar-refractivity contribution in [2.75, 3.05) is 25.0 Å². The molecule has 0 radical (unpaired) electrons. The smallest absolute Gasteiger partial charge is 0.239 e. The lowest BCUT2D eigenvalue weighted by molar-refractivity contribution is -0.121. The van der Waals surface area contributed by atoms with Crippen molar-refractivity contribution in [1.82, 2.24) is 25.2 Å². The summed E-state index contributed by atoms with van der Waals surface area (Å²) in [7, 11) is 0. The Morgan fingerprint density at radius 3 is 2.82 bits per heavy atom. The Morgan fingerprint density at radius 2 is 2.09 bits per heavy atom. The Labute approximate surface area is 195 Å². The van der Waals surface area contributed by atoms with Crippen LogP contribution < -0.4 is 10.6 Å². The largest absolute Gasteiger partial charge is 0.384 e. The van der Waals surface area contributed by atoms with E-state index in [1.54, 1.807) is 29.9 Å². The number of thiazole rings is 1. The summed E-state index contributed by atoms with van der Waals surface area (Å²) in [6.07, 6.45) is 6.46. The number of halogens is 1. The van der Waals surface area contributed by atoms with Crippen LogP contribution in [0.25, 0.3) is 10.9 Å². The predicted octanol–water partition coefficient (Wildman–Crippen LogP) is 2.60. The lowest BCUT2D eigenvalue weighted by Gasteiger charge is -2.47. The highest BCUT2D eigenvalue weighted by molar-refractivity contribution is 7.09. The molecule has 1 saturated heterocycles. The molecule has 8 nitrogen and oxygen atoms in total. The SMILES string of the molecule is O=C(CNc1ncnc2ccc(CF)cc12)N[C@H]1C[C@@H](N2CCC(O)(c3cncs3)CC2)C1. The first-order valence-electron chi connectivity index (χ1n) is 11.2. The van der Waals surface area contributed by atoms with Crippen molar-refractivity contribution in [1.29, 1.82) is 0 Å². The van der Waals surface area contributed by atoms with Gasteiger partial charge in [-0.1, -0.05) is 6.07 Å². The van der Waals surface area contributed by atoms with E-state index in [1.165, 1.54) is 17.7 Å². The number of amides is 1. The zero-order valence-electron chi connectivity index (χ0n) is 18.2. The molecule has 33 heavy (non-hydrogen) atoms. The number of aromatic nitrogens is 3. The van der Waals surface area contributed by atoms with Gasteiger partial charge in [0.1, 0.15) is 24.4 Å². The van der Waals surface area contributed by atoms with Gasteiger partial charge in [0.05, 0.1) is 22.4 Å². The second kappa shape index (κ2) is 9.28. The molecule has 0 atom stereocenters. The third kappa shape index (κ3) is 4.68. The first-order valence-corrected chi connectivity index (χ1v) is 12.1. The number of hydrogen-bond acceptors (Lipinski definition) is 8. The van der Waals surface area contributed by atoms with Crippen molar-refractivity contribution in [3.63, 3.8) is 0 Å². The van der Waals surface area contributed by atoms with Crippen molar-refractivity contribution in [3.8, 4) is 0 Å². The average molecular weight is 471 g/mol. The summed E-state index contributed by atoms with van der Waals surface area (Å²) in [4.78, 5) is 28.3. The van der Waals surface area contributed by atoms with Crippen LogP contribution in [0.5, 0.6) is 0 Å². The number of piperidine rings is 1. The molecule has 2 fully saturated rings. The van der Waals surface area contributed by atoms with Crippen molar-refractivity contribution in [2.24, 2.45) is 0 Å². The first-order chi connectivity index (χ1) is 16.0. The number of nitrogens with one attached hydrogen (secondary N) is 2. The van der Waals surface area contributed by atoms with Gasteiger partial charge in [0, 0.05) is 36.8 Å². The quantitative estimate of drug-likeness (QED) is 0.488. The number of rotatable bonds is 7. The average Bonchev–Trinajstić information content (AvgIpc) is 3.36. The maximum absolute atomic E-state index is 13.0. The number of aliphatic hydroxyl groups is 1. The summed E-state index contributed by atoms with van der Waals surface area (Å²) >= 11 is 1.51. The summed E-state index contributed by atoms with van der Waals surface area (Å²) in [6, 6.07) is 5.76. The molecule has 2 aliphatic rings. The van der Waals surface area contributed by atoms with Gasteiger partial charge in [0.15, 0.2) is 0 Å². The number of likely N-dealkylation sites (tertiary alicyclic amines) is 1. The number of carbonyl (C=O) groups is 1. The van der Waals surface area contributed by atoms with Gasteiger partial charge < -0.3 is 15.7 Å². The predicted molar refractivity (Wildman–Crippen MR) is 125 cm³/mol. The van der Waals surface area contributed by atoms with Crippen LogP contribution in [-0.2, 0) is 17.1 Å². The van der Waals surface area contributed by atoms with Gasteiger partial charge in [-0.2, -0.15) is 0 Å². The second-order valence-corrected chi connectivity index (χ2v) is 9.77. The minimum absolute atomic E-state index is 0.0925. The monoisotopic (exact) mass is 470 g/mol. The third-order valence-electron chi connectivity index (χ3n) is 6.78. The van der Waals surface area contributed by atoms with Gasteiger partial charge in [-0.25, -0.2) is 14.4 Å². The van der Waals surface area contributed by atoms with Gasteiger partial charge in [-0.05, 0) is 43.4 Å². The normalized spacial score (nSPS) is 22.6. The highest BCUT2D eigenvalue weighted by Gasteiger charge is 2.41. The van der Waals surface area contributed by atoms with E-state index in [2.05, 4.69) is 30.5 Å². The molecule has 174 valence electrons. The minimum Gasteiger partial charge on any atom is -0.384 e. The number of carbonyl (C=O) groups excluding carboxylic acids is 1. The number of benzene rings is 1. The molecule has 1 saturated carbocycles. The number of anilines is 1. The van der Waals surface area contributed by atoms with Crippen molar-refractivity contribution in [3.05, 3.63) is 46.7 Å². The maximum atomic E-state index is 13.0. The van der Waals surface area contributed by atoms with E-state index in [0.29, 0.717) is 41.2 Å². The van der Waals surface area contributed by atoms with Crippen LogP contribution in [0.1, 0.15) is 36.1 Å². The minimum atomic E-state index is -0.753. The fourth-order valence-corrected chi connectivity index (χ4v) is 5.51. The van der Waals surface area contributed by atoms with Crippen LogP contribution in [0.4, 0.5) is 10.2 Å². The maximum Gasteiger partial charge on any atom is 0.239 e. The zero-order chi connectivity index (χ0) is 22.8. The lowest BCUT2D eigenvalue weighted by atomic mass is 9.82. The second-order valence-electron chi connectivity index (χ2n) is 8.88. The summed E-state index contributed by atoms with van der Waals surface area (Å²) < 4.78 is 13.0. The molecule has 0 unspecified atom stereocenters. The van der Waals surface area contributed by atoms with E-state index in [0.717, 1.165) is 30.8 Å². The van der Waals surface area contributed by atoms with Crippen LogP contribution >= 0.6 is 11.3 Å². The van der Waals surface area contributed by atoms with Crippen molar-refractivity contribution >= 4 is 34.0 Å². The Kier molecular flexibility index (Phi) is 6.22. The fraction of sp³-hybridized carbons (Fsp3) is 0.478. The molecule has 0 spiro atoms. The summed E-state index contributed by atoms with van der Waals surface area (Å²) in [5.74, 6) is 0.434. The number of fused-ring (bicyclic) bond motifs is 1. The molecule has 1 aliphatic carbocycles. The van der Waals surface area contributed by atoms with Crippen LogP contribution in [0.2, 0.25) is 0 Å². The van der Waals surface area contributed by atoms with Crippen LogP contribution in [0, 0.1) is 0 Å². The van der Waals surface area contributed by atoms with E-state index in [4.69, 9.17) is 0 Å². The molecule has 10 heteroatoms. The first kappa shape index (κ1) is 22.1. The summed E-state index contributed by atoms with van der Waals surface area (Å²) in [5, 5.41) is 17.7. The van der Waals surface area contributed by atoms with Crippen molar-refractivity contribution < 1.29 is 14.3 Å². The van der Waals surface area contributed by atoms with Gasteiger partial charge >= 0.3 is 0 Å². The van der Waals surface area contributed by atoms with Gasteiger partial charge in [-0.3, -0.25) is 14.7 Å². The molecule has 5 rings (SSSR count). The van der Waals surface area contributed by atoms with Crippen molar-refractivity contribution in [2.45, 2.75) is 50.0 Å². The highest BCUT2D eigenvalue weighted by atomic mass is 32.1. The van der Waals surface area contributed by atoms with Crippen LogP contribution in [0.3, 0.4) is 0 Å². The van der Waals surface area contributed by atoms with E-state index < -0.39 is 12.3 Å². The Morgan fingerprint density at radius 1 is 1.27 bits per heavy atom. The Balaban J connectivity index is 1.08. The molecule has 1 amide bonds. The molecule has 1 aromatic carbocycles. The lowest BCUT2D eigenvalue weighted by Crippen LogP contribution is -2.57. The van der Waals surface area contributed by atoms with Crippen LogP contribution in [-0.4, -0.2) is 62.6 Å². The molecule has 3 heterocycles. The van der Waals surface area contributed by atoms with Gasteiger partial charge in [0.2, 0.25) is 5.91 Å². The van der Waals surface area contributed by atoms with Crippen LogP contribution in [0.15, 0.2) is 36.2 Å². The molecule has 2 aromatic heterocycles. The molecular weight excluding hydrogens is 443 g/mol. The number of nitrogens with zero attached hydrogens (tertiary/aromatic N) is 4. The van der Waals surface area contributed by atoms with E-state index in [-0.39, 0.29) is 18.5 Å². The van der Waals surface area contributed by atoms with E-state index >= 15 is 0 Å². The number of hydrogen-bond donors (Lipinski definition) is 3. The Hall–Kier alpha value is -2.69. The highest BCUT2D eigenvalue weighted by Crippen LogP contribution is 2.37. The standard InChI is InChI=1S/C23H27FN6O2S/c24-10-15-1-2-19-18(7-15)22(28-13-27-19)26-12-21(31)29-16-8-17(9-16)30-5-3-23(32,4-6-30)20-11-25-14-33-20/h1-2,7,11,13-14,16-17,32H,3-6,8-10,12H2,(H,29,31)(H,26,27,28)/t16-,17+.